The van der Waals surface area contributed by atoms with Crippen LogP contribution in [0.3, 0.4) is 0 Å². The molecular weight excluding hydrogens is 685 g/mol. The van der Waals surface area contributed by atoms with E-state index >= 15 is 0 Å². The van der Waals surface area contributed by atoms with Crippen molar-refractivity contribution in [3.8, 4) is 55.6 Å². The molecule has 0 aromatic heterocycles. The topological polar surface area (TPSA) is 0 Å². The second kappa shape index (κ2) is 12.1. The van der Waals surface area contributed by atoms with Crippen molar-refractivity contribution >= 4 is 32.3 Å². The summed E-state index contributed by atoms with van der Waals surface area (Å²) < 4.78 is 0. The molecule has 1 spiro atoms. The first-order valence-corrected chi connectivity index (χ1v) is 21.0. The summed E-state index contributed by atoms with van der Waals surface area (Å²) in [5.74, 6) is 0. The van der Waals surface area contributed by atoms with Crippen molar-refractivity contribution in [2.45, 2.75) is 56.8 Å². The Morgan fingerprint density at radius 1 is 0.333 bits per heavy atom. The molecule has 0 heteroatoms. The maximum atomic E-state index is 2.61. The average Bonchev–Trinajstić information content (AvgIpc) is 3.66. The van der Waals surface area contributed by atoms with E-state index in [-0.39, 0.29) is 10.8 Å². The fourth-order valence-corrected chi connectivity index (χ4v) is 11.6. The molecule has 272 valence electrons. The zero-order chi connectivity index (χ0) is 37.9. The van der Waals surface area contributed by atoms with E-state index in [1.807, 2.05) is 0 Å². The highest BCUT2D eigenvalue weighted by molar-refractivity contribution is 6.23. The van der Waals surface area contributed by atoms with E-state index in [2.05, 4.69) is 184 Å². The van der Waals surface area contributed by atoms with Gasteiger partial charge in [-0.1, -0.05) is 185 Å². The zero-order valence-electron chi connectivity index (χ0n) is 32.7. The van der Waals surface area contributed by atoms with Crippen molar-refractivity contribution in [2.75, 3.05) is 0 Å². The Morgan fingerprint density at radius 2 is 0.930 bits per heavy atom. The summed E-state index contributed by atoms with van der Waals surface area (Å²) in [6.45, 7) is 4.79. The zero-order valence-corrected chi connectivity index (χ0v) is 32.7. The van der Waals surface area contributed by atoms with Gasteiger partial charge in [0, 0.05) is 10.8 Å². The maximum Gasteiger partial charge on any atom is 0.0215 e. The number of hydrogen-bond acceptors (Lipinski definition) is 0. The number of rotatable bonds is 3. The Morgan fingerprint density at radius 3 is 1.77 bits per heavy atom. The Balaban J connectivity index is 1.18. The minimum atomic E-state index is -0.0825. The summed E-state index contributed by atoms with van der Waals surface area (Å²) in [7, 11) is 0. The van der Waals surface area contributed by atoms with Gasteiger partial charge in [-0.2, -0.15) is 0 Å². The van der Waals surface area contributed by atoms with Crippen molar-refractivity contribution in [3.63, 3.8) is 0 Å². The summed E-state index contributed by atoms with van der Waals surface area (Å²) >= 11 is 0. The smallest absolute Gasteiger partial charge is 0.0215 e. The number of hydrogen-bond donors (Lipinski definition) is 0. The van der Waals surface area contributed by atoms with Crippen LogP contribution in [-0.4, -0.2) is 0 Å². The lowest BCUT2D eigenvalue weighted by atomic mass is 9.67. The molecule has 0 nitrogen and oxygen atoms in total. The molecule has 9 aromatic carbocycles. The SMILES string of the molecule is CC1(C)c2ccccc2-c2c(-c3c4ccccc4c(-c4ccc5c(c4)C4(CCCCC4)c4ccccc4-5)c4ccc(-c5ccc6ccccc6c5)cc34)cccc21. The van der Waals surface area contributed by atoms with Crippen LogP contribution in [-0.2, 0) is 10.8 Å². The van der Waals surface area contributed by atoms with Crippen molar-refractivity contribution in [1.29, 1.82) is 0 Å². The van der Waals surface area contributed by atoms with Gasteiger partial charge in [-0.3, -0.25) is 0 Å². The molecule has 0 heterocycles. The lowest BCUT2D eigenvalue weighted by molar-refractivity contribution is 0.353. The van der Waals surface area contributed by atoms with E-state index in [1.54, 1.807) is 5.56 Å². The molecule has 57 heavy (non-hydrogen) atoms. The average molecular weight is 729 g/mol. The van der Waals surface area contributed by atoms with Gasteiger partial charge >= 0.3 is 0 Å². The molecule has 0 saturated heterocycles. The highest BCUT2D eigenvalue weighted by Gasteiger charge is 2.44. The third-order valence-electron chi connectivity index (χ3n) is 14.2. The predicted octanol–water partition coefficient (Wildman–Crippen LogP) is 15.7. The first-order valence-electron chi connectivity index (χ1n) is 21.0. The van der Waals surface area contributed by atoms with Crippen LogP contribution in [0.25, 0.3) is 88.0 Å². The molecule has 0 radical (unpaired) electrons. The Kier molecular flexibility index (Phi) is 7.01. The first kappa shape index (κ1) is 33.0. The molecule has 0 bridgehead atoms. The van der Waals surface area contributed by atoms with Crippen LogP contribution in [0.15, 0.2) is 170 Å². The van der Waals surface area contributed by atoms with Gasteiger partial charge in [0.1, 0.15) is 0 Å². The van der Waals surface area contributed by atoms with E-state index in [1.165, 1.54) is 137 Å². The van der Waals surface area contributed by atoms with Crippen LogP contribution in [0, 0.1) is 0 Å². The molecule has 1 fully saturated rings. The van der Waals surface area contributed by atoms with Crippen LogP contribution in [0.1, 0.15) is 68.2 Å². The first-order chi connectivity index (χ1) is 28.0. The molecule has 3 aliphatic rings. The molecule has 0 N–H and O–H groups in total. The van der Waals surface area contributed by atoms with Gasteiger partial charge in [0.2, 0.25) is 0 Å². The lowest BCUT2D eigenvalue weighted by Crippen LogP contribution is -2.28. The summed E-state index contributed by atoms with van der Waals surface area (Å²) in [5.41, 5.74) is 19.3. The van der Waals surface area contributed by atoms with Crippen LogP contribution < -0.4 is 0 Å². The largest absolute Gasteiger partial charge is 0.0619 e. The van der Waals surface area contributed by atoms with Crippen LogP contribution in [0.4, 0.5) is 0 Å². The summed E-state index contributed by atoms with van der Waals surface area (Å²) in [6.07, 6.45) is 6.37. The Bertz CT molecular complexity index is 3130. The molecule has 9 aromatic rings. The number of benzene rings is 9. The van der Waals surface area contributed by atoms with Crippen molar-refractivity contribution in [1.82, 2.24) is 0 Å². The van der Waals surface area contributed by atoms with Gasteiger partial charge in [-0.05, 0) is 141 Å². The predicted molar refractivity (Wildman–Crippen MR) is 242 cm³/mol. The van der Waals surface area contributed by atoms with Crippen molar-refractivity contribution in [3.05, 3.63) is 192 Å². The fraction of sp³-hybridized carbons (Fsp3) is 0.158. The van der Waals surface area contributed by atoms with Crippen LogP contribution in [0.2, 0.25) is 0 Å². The fourth-order valence-electron chi connectivity index (χ4n) is 11.6. The van der Waals surface area contributed by atoms with E-state index in [9.17, 15) is 0 Å². The van der Waals surface area contributed by atoms with Gasteiger partial charge in [-0.25, -0.2) is 0 Å². The summed E-state index contributed by atoms with van der Waals surface area (Å²) in [4.78, 5) is 0. The minimum absolute atomic E-state index is 0.0825. The van der Waals surface area contributed by atoms with Gasteiger partial charge in [-0.15, -0.1) is 0 Å². The molecule has 0 unspecified atom stereocenters. The van der Waals surface area contributed by atoms with Crippen molar-refractivity contribution < 1.29 is 0 Å². The molecule has 0 amide bonds. The minimum Gasteiger partial charge on any atom is -0.0619 e. The molecule has 0 atom stereocenters. The van der Waals surface area contributed by atoms with Crippen LogP contribution >= 0.6 is 0 Å². The van der Waals surface area contributed by atoms with Gasteiger partial charge in [0.15, 0.2) is 0 Å². The molecule has 3 aliphatic carbocycles. The van der Waals surface area contributed by atoms with Gasteiger partial charge in [0.25, 0.3) is 0 Å². The van der Waals surface area contributed by atoms with E-state index in [0.29, 0.717) is 0 Å². The molecule has 1 saturated carbocycles. The highest BCUT2D eigenvalue weighted by atomic mass is 14.5. The lowest BCUT2D eigenvalue weighted by Gasteiger charge is -2.36. The standard InChI is InChI=1S/C57H44/c1-56(2)49-22-10-9-20-46(49)55-47(21-14-24-51(55)56)54-44-19-7-6-18-43(44)53(45-30-27-39(34-48(45)54)38-26-25-36-15-4-5-16-37(36)33-38)40-28-29-42-41-17-8-11-23-50(41)57(52(42)35-40)31-12-3-13-32-57/h4-11,14-30,33-35H,3,12-13,31-32H2,1-2H3. The van der Waals surface area contributed by atoms with E-state index < -0.39 is 0 Å². The van der Waals surface area contributed by atoms with Gasteiger partial charge < -0.3 is 0 Å². The summed E-state index contributed by atoms with van der Waals surface area (Å²) in [5, 5.41) is 7.78. The monoisotopic (exact) mass is 728 g/mol. The third kappa shape index (κ3) is 4.62. The van der Waals surface area contributed by atoms with Gasteiger partial charge in [0.05, 0.1) is 0 Å². The van der Waals surface area contributed by atoms with Crippen molar-refractivity contribution in [2.24, 2.45) is 0 Å². The van der Waals surface area contributed by atoms with E-state index in [0.717, 1.165) is 0 Å². The Hall–Kier alpha value is -6.24. The normalized spacial score (nSPS) is 15.8. The second-order valence-corrected chi connectivity index (χ2v) is 17.5. The number of fused-ring (bicyclic) bond motifs is 11. The summed E-state index contributed by atoms with van der Waals surface area (Å²) in [6, 6.07) is 65.1. The maximum absolute atomic E-state index is 2.61. The third-order valence-corrected chi connectivity index (χ3v) is 14.2. The second-order valence-electron chi connectivity index (χ2n) is 17.5. The van der Waals surface area contributed by atoms with E-state index in [4.69, 9.17) is 0 Å². The molecule has 0 aliphatic heterocycles. The molecular formula is C57H44. The Labute approximate surface area is 335 Å². The quantitative estimate of drug-likeness (QED) is 0.159. The van der Waals surface area contributed by atoms with Crippen LogP contribution in [0.5, 0.6) is 0 Å². The molecule has 12 rings (SSSR count). The highest BCUT2D eigenvalue weighted by Crippen LogP contribution is 2.58.